The van der Waals surface area contributed by atoms with E-state index < -0.39 is 18.5 Å². The average molecular weight is 258 g/mol. The molecule has 0 atom stereocenters. The molecule has 0 radical (unpaired) electrons. The zero-order valence-corrected chi connectivity index (χ0v) is 11.6. The van der Waals surface area contributed by atoms with Gasteiger partial charge in [0.25, 0.3) is 0 Å². The molecule has 0 aromatic heterocycles. The van der Waals surface area contributed by atoms with Gasteiger partial charge in [-0.2, -0.15) is 0 Å². The highest BCUT2D eigenvalue weighted by Gasteiger charge is 2.08. The normalized spacial score (nSPS) is 10.7. The molecule has 0 bridgehead atoms. The first kappa shape index (κ1) is 17.1. The van der Waals surface area contributed by atoms with Gasteiger partial charge in [0.2, 0.25) is 0 Å². The molecule has 0 aliphatic carbocycles. The largest absolute Gasteiger partial charge is 0.391 e. The fourth-order valence-corrected chi connectivity index (χ4v) is 1.74. The van der Waals surface area contributed by atoms with E-state index in [2.05, 4.69) is 18.6 Å². The lowest BCUT2D eigenvalue weighted by Gasteiger charge is -2.04. The van der Waals surface area contributed by atoms with Gasteiger partial charge in [0.15, 0.2) is 0 Å². The average Bonchev–Trinajstić information content (AvgIpc) is 2.31. The summed E-state index contributed by atoms with van der Waals surface area (Å²) in [7, 11) is 0. The van der Waals surface area contributed by atoms with Crippen molar-refractivity contribution in [3.63, 3.8) is 0 Å². The number of aliphatic hydroxyl groups is 1. The second kappa shape index (κ2) is 11.2. The van der Waals surface area contributed by atoms with Crippen LogP contribution < -0.4 is 0 Å². The highest BCUT2D eigenvalue weighted by molar-refractivity contribution is 5.85. The third-order valence-corrected chi connectivity index (χ3v) is 2.77. The summed E-state index contributed by atoms with van der Waals surface area (Å²) < 4.78 is 4.34. The Bertz CT molecular complexity index is 236. The quantitative estimate of drug-likeness (QED) is 0.372. The fourth-order valence-electron chi connectivity index (χ4n) is 1.74. The Morgan fingerprint density at radius 1 is 0.944 bits per heavy atom. The molecule has 0 aliphatic rings. The summed E-state index contributed by atoms with van der Waals surface area (Å²) in [6, 6.07) is 0. The SMILES string of the molecule is CC(C)CCCCCCCCC(=O)OC(=O)CO. The number of carbonyl (C=O) groups is 2. The summed E-state index contributed by atoms with van der Waals surface area (Å²) in [5.41, 5.74) is 0. The Kier molecular flexibility index (Phi) is 10.6. The second-order valence-electron chi connectivity index (χ2n) is 5.06. The minimum absolute atomic E-state index is 0.262. The summed E-state index contributed by atoms with van der Waals surface area (Å²) in [5.74, 6) is -0.619. The molecule has 0 saturated heterocycles. The molecule has 0 spiro atoms. The van der Waals surface area contributed by atoms with Crippen molar-refractivity contribution in [2.24, 2.45) is 5.92 Å². The van der Waals surface area contributed by atoms with Crippen LogP contribution in [-0.2, 0) is 14.3 Å². The van der Waals surface area contributed by atoms with Gasteiger partial charge in [0, 0.05) is 6.42 Å². The highest BCUT2D eigenvalue weighted by atomic mass is 16.6. The van der Waals surface area contributed by atoms with E-state index in [-0.39, 0.29) is 6.42 Å². The molecule has 0 fully saturated rings. The fraction of sp³-hybridized carbons (Fsp3) is 0.857. The summed E-state index contributed by atoms with van der Waals surface area (Å²) in [6.45, 7) is 3.74. The lowest BCUT2D eigenvalue weighted by Crippen LogP contribution is -2.14. The summed E-state index contributed by atoms with van der Waals surface area (Å²) in [4.78, 5) is 21.7. The van der Waals surface area contributed by atoms with Crippen molar-refractivity contribution >= 4 is 11.9 Å². The molecule has 4 heteroatoms. The number of unbranched alkanes of at least 4 members (excludes halogenated alkanes) is 5. The van der Waals surface area contributed by atoms with Gasteiger partial charge in [-0.15, -0.1) is 0 Å². The topological polar surface area (TPSA) is 63.6 Å². The van der Waals surface area contributed by atoms with Crippen LogP contribution in [-0.4, -0.2) is 23.7 Å². The molecule has 4 nitrogen and oxygen atoms in total. The molecule has 0 saturated carbocycles. The number of aliphatic hydroxyl groups excluding tert-OH is 1. The van der Waals surface area contributed by atoms with Crippen molar-refractivity contribution in [1.82, 2.24) is 0 Å². The first-order valence-electron chi connectivity index (χ1n) is 6.90. The van der Waals surface area contributed by atoms with Crippen LogP contribution in [0.5, 0.6) is 0 Å². The number of rotatable bonds is 10. The van der Waals surface area contributed by atoms with E-state index in [1.807, 2.05) is 0 Å². The first-order valence-corrected chi connectivity index (χ1v) is 6.90. The lowest BCUT2D eigenvalue weighted by molar-refractivity contribution is -0.161. The molecule has 0 aromatic rings. The minimum atomic E-state index is -0.867. The monoisotopic (exact) mass is 258 g/mol. The van der Waals surface area contributed by atoms with Gasteiger partial charge in [-0.25, -0.2) is 4.79 Å². The van der Waals surface area contributed by atoms with Crippen LogP contribution in [0.25, 0.3) is 0 Å². The Labute approximate surface area is 110 Å². The van der Waals surface area contributed by atoms with E-state index in [9.17, 15) is 9.59 Å². The standard InChI is InChI=1S/C14H26O4/c1-12(2)9-7-5-3-4-6-8-10-13(16)18-14(17)11-15/h12,15H,3-11H2,1-2H3. The third-order valence-electron chi connectivity index (χ3n) is 2.77. The van der Waals surface area contributed by atoms with Crippen molar-refractivity contribution in [2.75, 3.05) is 6.61 Å². The van der Waals surface area contributed by atoms with Crippen molar-refractivity contribution in [1.29, 1.82) is 0 Å². The van der Waals surface area contributed by atoms with Crippen LogP contribution in [0.4, 0.5) is 0 Å². The van der Waals surface area contributed by atoms with Gasteiger partial charge in [0.1, 0.15) is 6.61 Å². The third kappa shape index (κ3) is 11.6. The molecule has 0 aliphatic heterocycles. The molecule has 0 unspecified atom stereocenters. The lowest BCUT2D eigenvalue weighted by atomic mass is 10.0. The minimum Gasteiger partial charge on any atom is -0.391 e. The maximum Gasteiger partial charge on any atom is 0.339 e. The van der Waals surface area contributed by atoms with Gasteiger partial charge in [-0.05, 0) is 12.3 Å². The molecule has 18 heavy (non-hydrogen) atoms. The predicted molar refractivity (Wildman–Crippen MR) is 70.0 cm³/mol. The van der Waals surface area contributed by atoms with Crippen molar-refractivity contribution < 1.29 is 19.4 Å². The number of hydrogen-bond acceptors (Lipinski definition) is 4. The molecule has 0 rings (SSSR count). The summed E-state index contributed by atoms with van der Waals surface area (Å²) in [6.07, 6.45) is 8.16. The van der Waals surface area contributed by atoms with E-state index in [1.54, 1.807) is 0 Å². The molecule has 0 heterocycles. The molecular formula is C14H26O4. The Morgan fingerprint density at radius 2 is 1.50 bits per heavy atom. The van der Waals surface area contributed by atoms with Crippen LogP contribution in [0.15, 0.2) is 0 Å². The predicted octanol–water partition coefficient (Wildman–Crippen LogP) is 2.83. The number of carbonyl (C=O) groups excluding carboxylic acids is 2. The van der Waals surface area contributed by atoms with Crippen LogP contribution in [0, 0.1) is 5.92 Å². The van der Waals surface area contributed by atoms with E-state index in [4.69, 9.17) is 5.11 Å². The second-order valence-corrected chi connectivity index (χ2v) is 5.06. The smallest absolute Gasteiger partial charge is 0.339 e. The zero-order valence-electron chi connectivity index (χ0n) is 11.6. The van der Waals surface area contributed by atoms with E-state index >= 15 is 0 Å². The Hall–Kier alpha value is -0.900. The number of hydrogen-bond donors (Lipinski definition) is 1. The van der Waals surface area contributed by atoms with Gasteiger partial charge in [-0.1, -0.05) is 52.4 Å². The molecular weight excluding hydrogens is 232 g/mol. The van der Waals surface area contributed by atoms with Gasteiger partial charge >= 0.3 is 11.9 Å². The molecule has 0 amide bonds. The zero-order chi connectivity index (χ0) is 13.8. The van der Waals surface area contributed by atoms with Gasteiger partial charge < -0.3 is 9.84 Å². The van der Waals surface area contributed by atoms with Crippen molar-refractivity contribution in [2.45, 2.75) is 65.2 Å². The van der Waals surface area contributed by atoms with Crippen LogP contribution in [0.2, 0.25) is 0 Å². The van der Waals surface area contributed by atoms with Crippen molar-refractivity contribution in [3.8, 4) is 0 Å². The molecule has 106 valence electrons. The van der Waals surface area contributed by atoms with Gasteiger partial charge in [0.05, 0.1) is 0 Å². The number of ether oxygens (including phenoxy) is 1. The van der Waals surface area contributed by atoms with Crippen molar-refractivity contribution in [3.05, 3.63) is 0 Å². The first-order chi connectivity index (χ1) is 8.56. The van der Waals surface area contributed by atoms with E-state index in [0.717, 1.165) is 25.2 Å². The van der Waals surface area contributed by atoms with Crippen LogP contribution in [0.1, 0.15) is 65.2 Å². The highest BCUT2D eigenvalue weighted by Crippen LogP contribution is 2.12. The van der Waals surface area contributed by atoms with E-state index in [0.29, 0.717) is 0 Å². The van der Waals surface area contributed by atoms with Crippen LogP contribution in [0.3, 0.4) is 0 Å². The van der Waals surface area contributed by atoms with E-state index in [1.165, 1.54) is 25.7 Å². The Morgan fingerprint density at radius 3 is 2.06 bits per heavy atom. The maximum atomic E-state index is 11.1. The molecule has 0 aromatic carbocycles. The Balaban J connectivity index is 3.25. The van der Waals surface area contributed by atoms with Gasteiger partial charge in [-0.3, -0.25) is 4.79 Å². The summed E-state index contributed by atoms with van der Waals surface area (Å²) >= 11 is 0. The van der Waals surface area contributed by atoms with Crippen LogP contribution >= 0.6 is 0 Å². The molecule has 1 N–H and O–H groups in total. The number of esters is 2. The summed E-state index contributed by atoms with van der Waals surface area (Å²) in [5, 5.41) is 8.39. The maximum absolute atomic E-state index is 11.1.